The highest BCUT2D eigenvalue weighted by molar-refractivity contribution is 5.98. The molecule has 4 aliphatic heterocycles. The van der Waals surface area contributed by atoms with Crippen LogP contribution in [-0.2, 0) is 26.2 Å². The maximum atomic E-state index is 14.9. The van der Waals surface area contributed by atoms with Gasteiger partial charge in [-0.15, -0.1) is 0 Å². The Morgan fingerprint density at radius 1 is 0.511 bits per heavy atom. The number of hydrogen-bond acceptors (Lipinski definition) is 6. The topological polar surface area (TPSA) is 84.0 Å². The number of benzene rings is 4. The highest BCUT2D eigenvalue weighted by Gasteiger charge is 2.63. The maximum absolute atomic E-state index is 14.9. The summed E-state index contributed by atoms with van der Waals surface area (Å²) >= 11 is 0. The van der Waals surface area contributed by atoms with Crippen molar-refractivity contribution in [1.29, 1.82) is 0 Å². The zero-order valence-electron chi connectivity index (χ0n) is 26.3. The third kappa shape index (κ3) is 3.45. The summed E-state index contributed by atoms with van der Waals surface area (Å²) in [6.45, 7) is 5.39. The summed E-state index contributed by atoms with van der Waals surface area (Å²) in [6, 6.07) is 15.6. The van der Waals surface area contributed by atoms with Gasteiger partial charge in [0.15, 0.2) is 0 Å². The summed E-state index contributed by atoms with van der Waals surface area (Å²) in [5.41, 5.74) is 2.88. The number of fused-ring (bicyclic) bond motifs is 4. The number of ether oxygens (including phenoxy) is 4. The van der Waals surface area contributed by atoms with Crippen molar-refractivity contribution in [3.8, 4) is 23.0 Å². The van der Waals surface area contributed by atoms with Gasteiger partial charge in [-0.2, -0.15) is 0 Å². The molecule has 0 aliphatic carbocycles. The van der Waals surface area contributed by atoms with Gasteiger partial charge < -0.3 is 18.9 Å². The predicted molar refractivity (Wildman–Crippen MR) is 168 cm³/mol. The van der Waals surface area contributed by atoms with E-state index in [0.29, 0.717) is 23.0 Å². The molecule has 4 heterocycles. The highest BCUT2D eigenvalue weighted by Crippen LogP contribution is 2.54. The Hall–Kier alpha value is -4.86. The van der Waals surface area contributed by atoms with Crippen LogP contribution in [0.2, 0.25) is 0 Å². The second kappa shape index (κ2) is 9.57. The number of rotatable bonds is 4. The lowest BCUT2D eigenvalue weighted by atomic mass is 9.78. The van der Waals surface area contributed by atoms with Crippen LogP contribution in [0.1, 0.15) is 36.1 Å². The Bertz CT molecular complexity index is 1680. The number of carbonyl (C=O) groups is 2. The van der Waals surface area contributed by atoms with E-state index >= 15 is 0 Å². The monoisotopic (exact) mass is 608 g/mol. The van der Waals surface area contributed by atoms with Gasteiger partial charge in [-0.05, 0) is 0 Å². The maximum Gasteiger partial charge on any atom is 0.323 e. The summed E-state index contributed by atoms with van der Waals surface area (Å²) in [4.78, 5) is 37.1. The van der Waals surface area contributed by atoms with Crippen molar-refractivity contribution in [3.05, 3.63) is 70.8 Å². The van der Waals surface area contributed by atoms with Crippen LogP contribution in [0.15, 0.2) is 48.5 Å². The highest BCUT2D eigenvalue weighted by atomic mass is 16.5. The molecule has 45 heavy (non-hydrogen) atoms. The largest absolute Gasteiger partial charge is 0.496 e. The van der Waals surface area contributed by atoms with Crippen LogP contribution in [-0.4, -0.2) is 72.4 Å². The molecule has 4 aromatic rings. The van der Waals surface area contributed by atoms with Crippen LogP contribution in [0, 0.1) is 5.41 Å². The fourth-order valence-electron chi connectivity index (χ4n) is 8.68. The fourth-order valence-corrected chi connectivity index (χ4v) is 8.68. The number of nitrogens with zero attached hydrogens (tertiary/aromatic N) is 4. The molecule has 232 valence electrons. The molecule has 2 saturated heterocycles. The number of carbonyl (C=O) groups excluding carboxylic acids is 2. The quantitative estimate of drug-likeness (QED) is 0.287. The molecule has 2 bridgehead atoms. The molecule has 8 rings (SSSR count). The first-order valence-electron chi connectivity index (χ1n) is 15.2. The summed E-state index contributed by atoms with van der Waals surface area (Å²) in [5, 5.41) is 3.61. The van der Waals surface area contributed by atoms with Crippen LogP contribution < -0.4 is 18.9 Å². The first-order chi connectivity index (χ1) is 21.8. The van der Waals surface area contributed by atoms with E-state index in [9.17, 15) is 9.59 Å². The Morgan fingerprint density at radius 3 is 0.978 bits per heavy atom. The first-order valence-corrected chi connectivity index (χ1v) is 15.2. The second-order valence-corrected chi connectivity index (χ2v) is 12.8. The molecular weight excluding hydrogens is 572 g/mol. The van der Waals surface area contributed by atoms with Crippen molar-refractivity contribution < 1.29 is 28.5 Å². The van der Waals surface area contributed by atoms with Gasteiger partial charge in [-0.1, -0.05) is 62.4 Å². The fraction of sp³-hybridized carbons (Fsp3) is 0.371. The van der Waals surface area contributed by atoms with Crippen LogP contribution >= 0.6 is 0 Å². The molecule has 10 heteroatoms. The molecule has 10 nitrogen and oxygen atoms in total. The van der Waals surface area contributed by atoms with Gasteiger partial charge in [0.1, 0.15) is 35.3 Å². The lowest BCUT2D eigenvalue weighted by Gasteiger charge is -2.63. The van der Waals surface area contributed by atoms with E-state index < -0.39 is 17.7 Å². The van der Waals surface area contributed by atoms with Gasteiger partial charge in [-0.3, -0.25) is 19.6 Å². The predicted octanol–water partition coefficient (Wildman–Crippen LogP) is 5.91. The number of amides is 4. The van der Waals surface area contributed by atoms with Crippen molar-refractivity contribution in [2.75, 3.05) is 28.4 Å². The summed E-state index contributed by atoms with van der Waals surface area (Å²) < 4.78 is 24.2. The minimum Gasteiger partial charge on any atom is -0.496 e. The molecule has 0 unspecified atom stereocenters. The Balaban J connectivity index is 1.39. The van der Waals surface area contributed by atoms with Gasteiger partial charge >= 0.3 is 12.1 Å². The van der Waals surface area contributed by atoms with Gasteiger partial charge in [-0.25, -0.2) is 9.59 Å². The molecule has 2 fully saturated rings. The molecule has 0 saturated carbocycles. The summed E-state index contributed by atoms with van der Waals surface area (Å²) in [5.74, 6) is 2.78. The van der Waals surface area contributed by atoms with E-state index in [1.165, 1.54) is 0 Å². The molecule has 0 radical (unpaired) electrons. The third-order valence-corrected chi connectivity index (χ3v) is 10.3. The standard InChI is InChI=1S/C35H36N4O6/c1-35(2)31-36-15-23-24(28(43-4)20-12-8-7-11-19(20)27(23)42-3)16-37(31)34(41)39-18-26-25(17-38(32(35)39)33(36)40)29(44-5)21-13-9-10-14-22(21)30(26)45-6/h7-14,31-32H,15-18H2,1-6H3. The van der Waals surface area contributed by atoms with E-state index in [0.717, 1.165) is 43.8 Å². The molecular formula is C35H36N4O6. The smallest absolute Gasteiger partial charge is 0.323 e. The van der Waals surface area contributed by atoms with E-state index in [2.05, 4.69) is 13.8 Å². The van der Waals surface area contributed by atoms with Crippen molar-refractivity contribution in [1.82, 2.24) is 19.6 Å². The van der Waals surface area contributed by atoms with Crippen LogP contribution in [0.25, 0.3) is 21.5 Å². The summed E-state index contributed by atoms with van der Waals surface area (Å²) in [7, 11) is 6.62. The number of hydrogen-bond donors (Lipinski definition) is 0. The van der Waals surface area contributed by atoms with Gasteiger partial charge in [0.25, 0.3) is 0 Å². The Morgan fingerprint density at radius 2 is 0.756 bits per heavy atom. The second-order valence-electron chi connectivity index (χ2n) is 12.8. The first kappa shape index (κ1) is 27.7. The van der Waals surface area contributed by atoms with Crippen LogP contribution in [0.3, 0.4) is 0 Å². The Kier molecular flexibility index (Phi) is 5.88. The van der Waals surface area contributed by atoms with E-state index in [1.807, 2.05) is 68.1 Å². The van der Waals surface area contributed by atoms with Crippen molar-refractivity contribution in [3.63, 3.8) is 0 Å². The van der Waals surface area contributed by atoms with Gasteiger partial charge in [0.05, 0.1) is 54.6 Å². The average Bonchev–Trinajstić information content (AvgIpc) is 3.35. The molecule has 0 N–H and O–H groups in total. The molecule has 4 amide bonds. The molecule has 0 spiro atoms. The molecule has 4 aromatic carbocycles. The minimum atomic E-state index is -0.536. The van der Waals surface area contributed by atoms with Gasteiger partial charge in [0, 0.05) is 49.2 Å². The van der Waals surface area contributed by atoms with Crippen LogP contribution in [0.4, 0.5) is 9.59 Å². The van der Waals surface area contributed by atoms with E-state index in [1.54, 1.807) is 28.4 Å². The zero-order valence-corrected chi connectivity index (χ0v) is 26.3. The average molecular weight is 609 g/mol. The van der Waals surface area contributed by atoms with E-state index in [-0.39, 0.29) is 38.2 Å². The van der Waals surface area contributed by atoms with E-state index in [4.69, 9.17) is 18.9 Å². The molecule has 0 aromatic heterocycles. The number of urea groups is 2. The molecule has 4 aliphatic rings. The number of methoxy groups -OCH3 is 4. The zero-order chi connectivity index (χ0) is 31.4. The molecule has 0 atom stereocenters. The van der Waals surface area contributed by atoms with Crippen LogP contribution in [0.5, 0.6) is 23.0 Å². The normalized spacial score (nSPS) is 18.9. The lowest BCUT2D eigenvalue weighted by molar-refractivity contribution is -0.156. The van der Waals surface area contributed by atoms with Crippen molar-refractivity contribution >= 4 is 33.6 Å². The SMILES string of the molecule is COc1c2c(c(OC)c3ccccc13)CN1C(=O)N3Cc4c(c(OC)c5ccccc5c4OC)CN4C(=O)N(C2)C1C(C)(C)C43. The minimum absolute atomic E-state index is 0.143. The summed E-state index contributed by atoms with van der Waals surface area (Å²) in [6.07, 6.45) is -0.965. The Labute approximate surface area is 261 Å². The van der Waals surface area contributed by atoms with Crippen molar-refractivity contribution in [2.24, 2.45) is 5.41 Å². The van der Waals surface area contributed by atoms with Crippen molar-refractivity contribution in [2.45, 2.75) is 52.4 Å². The van der Waals surface area contributed by atoms with Gasteiger partial charge in [0.2, 0.25) is 0 Å². The lowest BCUT2D eigenvalue weighted by Crippen LogP contribution is -2.79. The third-order valence-electron chi connectivity index (χ3n) is 10.3.